The molecule has 1 aliphatic rings. The second-order valence-electron chi connectivity index (χ2n) is 5.90. The van der Waals surface area contributed by atoms with Crippen LogP contribution in [-0.4, -0.2) is 33.2 Å². The standard InChI is InChI=1S/C15H24N4O2/c1-6-15(7-2)14(21)19(11(5)13(20)17-15)12-8-16-18(9-12)10(3)4/h8-11H,6-7H2,1-5H3,(H,17,20). The zero-order chi connectivity index (χ0) is 15.8. The van der Waals surface area contributed by atoms with Gasteiger partial charge in [-0.05, 0) is 33.6 Å². The van der Waals surface area contributed by atoms with Gasteiger partial charge in [0.2, 0.25) is 5.91 Å². The van der Waals surface area contributed by atoms with E-state index in [0.29, 0.717) is 18.5 Å². The van der Waals surface area contributed by atoms with E-state index in [1.165, 1.54) is 0 Å². The highest BCUT2D eigenvalue weighted by Gasteiger charge is 2.48. The van der Waals surface area contributed by atoms with Gasteiger partial charge in [0.25, 0.3) is 5.91 Å². The van der Waals surface area contributed by atoms with Crippen molar-refractivity contribution in [2.24, 2.45) is 0 Å². The molecule has 1 unspecified atom stereocenters. The largest absolute Gasteiger partial charge is 0.340 e. The number of aromatic nitrogens is 2. The Labute approximate surface area is 125 Å². The van der Waals surface area contributed by atoms with E-state index in [9.17, 15) is 9.59 Å². The molecular formula is C15H24N4O2. The van der Waals surface area contributed by atoms with Gasteiger partial charge in [-0.3, -0.25) is 19.2 Å². The van der Waals surface area contributed by atoms with Crippen LogP contribution in [0.4, 0.5) is 5.69 Å². The van der Waals surface area contributed by atoms with Crippen molar-refractivity contribution < 1.29 is 9.59 Å². The maximum atomic E-state index is 12.9. The molecule has 1 atom stereocenters. The Bertz CT molecular complexity index is 546. The highest BCUT2D eigenvalue weighted by molar-refractivity contribution is 6.10. The molecule has 6 heteroatoms. The maximum Gasteiger partial charge on any atom is 0.253 e. The SMILES string of the molecule is CCC1(CC)NC(=O)C(C)N(c2cnn(C(C)C)c2)C1=O. The Morgan fingerprint density at radius 3 is 2.43 bits per heavy atom. The number of carbonyl (C=O) groups is 2. The van der Waals surface area contributed by atoms with E-state index in [-0.39, 0.29) is 17.9 Å². The Morgan fingerprint density at radius 1 is 1.33 bits per heavy atom. The summed E-state index contributed by atoms with van der Waals surface area (Å²) in [5.74, 6) is -0.168. The van der Waals surface area contributed by atoms with Crippen LogP contribution < -0.4 is 10.2 Å². The third-order valence-electron chi connectivity index (χ3n) is 4.36. The molecule has 1 aromatic heterocycles. The van der Waals surface area contributed by atoms with E-state index in [2.05, 4.69) is 10.4 Å². The van der Waals surface area contributed by atoms with Crippen molar-refractivity contribution >= 4 is 17.5 Å². The summed E-state index contributed by atoms with van der Waals surface area (Å²) in [6.45, 7) is 9.64. The number of anilines is 1. The van der Waals surface area contributed by atoms with Crippen LogP contribution in [-0.2, 0) is 9.59 Å². The number of amides is 2. The van der Waals surface area contributed by atoms with Crippen molar-refractivity contribution in [3.05, 3.63) is 12.4 Å². The van der Waals surface area contributed by atoms with E-state index >= 15 is 0 Å². The second kappa shape index (κ2) is 5.50. The molecule has 0 aromatic carbocycles. The Hall–Kier alpha value is -1.85. The molecule has 116 valence electrons. The highest BCUT2D eigenvalue weighted by atomic mass is 16.2. The molecule has 0 bridgehead atoms. The molecule has 1 fully saturated rings. The molecule has 0 radical (unpaired) electrons. The monoisotopic (exact) mass is 292 g/mol. The average molecular weight is 292 g/mol. The van der Waals surface area contributed by atoms with Crippen molar-refractivity contribution in [2.75, 3.05) is 4.90 Å². The molecule has 6 nitrogen and oxygen atoms in total. The van der Waals surface area contributed by atoms with Crippen LogP contribution in [0.2, 0.25) is 0 Å². The molecule has 21 heavy (non-hydrogen) atoms. The number of nitrogens with zero attached hydrogens (tertiary/aromatic N) is 3. The highest BCUT2D eigenvalue weighted by Crippen LogP contribution is 2.29. The Balaban J connectivity index is 2.43. The lowest BCUT2D eigenvalue weighted by atomic mass is 9.87. The summed E-state index contributed by atoms with van der Waals surface area (Å²) in [6.07, 6.45) is 4.64. The van der Waals surface area contributed by atoms with Crippen LogP contribution in [0.15, 0.2) is 12.4 Å². The number of hydrogen-bond donors (Lipinski definition) is 1. The van der Waals surface area contributed by atoms with Gasteiger partial charge in [-0.2, -0.15) is 5.10 Å². The number of nitrogens with one attached hydrogen (secondary N) is 1. The van der Waals surface area contributed by atoms with Gasteiger partial charge in [0, 0.05) is 12.2 Å². The van der Waals surface area contributed by atoms with E-state index in [4.69, 9.17) is 0 Å². The summed E-state index contributed by atoms with van der Waals surface area (Å²) in [5.41, 5.74) is -0.119. The van der Waals surface area contributed by atoms with Crippen molar-refractivity contribution in [3.63, 3.8) is 0 Å². The summed E-state index contributed by atoms with van der Waals surface area (Å²) in [6, 6.07) is -0.307. The first-order valence-corrected chi connectivity index (χ1v) is 7.56. The van der Waals surface area contributed by atoms with E-state index in [1.54, 1.807) is 22.7 Å². The lowest BCUT2D eigenvalue weighted by Gasteiger charge is -2.43. The number of carbonyl (C=O) groups excluding carboxylic acids is 2. The molecule has 1 aliphatic heterocycles. The van der Waals surface area contributed by atoms with E-state index in [1.807, 2.05) is 33.9 Å². The van der Waals surface area contributed by atoms with Crippen LogP contribution in [0, 0.1) is 0 Å². The van der Waals surface area contributed by atoms with Crippen LogP contribution in [0.1, 0.15) is 53.5 Å². The topological polar surface area (TPSA) is 67.2 Å². The van der Waals surface area contributed by atoms with Gasteiger partial charge in [-0.15, -0.1) is 0 Å². The lowest BCUT2D eigenvalue weighted by Crippen LogP contribution is -2.69. The predicted octanol–water partition coefficient (Wildman–Crippen LogP) is 1.87. The maximum absolute atomic E-state index is 12.9. The Kier molecular flexibility index (Phi) is 4.07. The summed E-state index contributed by atoms with van der Waals surface area (Å²) < 4.78 is 1.79. The van der Waals surface area contributed by atoms with Crippen LogP contribution in [0.5, 0.6) is 0 Å². The van der Waals surface area contributed by atoms with Gasteiger partial charge in [0.1, 0.15) is 11.6 Å². The van der Waals surface area contributed by atoms with Gasteiger partial charge >= 0.3 is 0 Å². The van der Waals surface area contributed by atoms with Gasteiger partial charge in [0.05, 0.1) is 11.9 Å². The fourth-order valence-electron chi connectivity index (χ4n) is 2.72. The second-order valence-corrected chi connectivity index (χ2v) is 5.90. The predicted molar refractivity (Wildman–Crippen MR) is 81.0 cm³/mol. The molecule has 0 aliphatic carbocycles. The van der Waals surface area contributed by atoms with Crippen LogP contribution in [0.3, 0.4) is 0 Å². The molecular weight excluding hydrogens is 268 g/mol. The number of piperazine rings is 1. The quantitative estimate of drug-likeness (QED) is 0.921. The average Bonchev–Trinajstić information content (AvgIpc) is 2.93. The number of rotatable bonds is 4. The molecule has 1 saturated heterocycles. The molecule has 1 aromatic rings. The summed E-state index contributed by atoms with van der Waals surface area (Å²) >= 11 is 0. The first-order valence-electron chi connectivity index (χ1n) is 7.56. The molecule has 0 spiro atoms. The summed E-state index contributed by atoms with van der Waals surface area (Å²) in [7, 11) is 0. The third-order valence-corrected chi connectivity index (χ3v) is 4.36. The minimum atomic E-state index is -0.802. The fourth-order valence-corrected chi connectivity index (χ4v) is 2.72. The zero-order valence-electron chi connectivity index (χ0n) is 13.4. The molecule has 2 amide bonds. The smallest absolute Gasteiger partial charge is 0.253 e. The fraction of sp³-hybridized carbons (Fsp3) is 0.667. The van der Waals surface area contributed by atoms with Crippen molar-refractivity contribution in [2.45, 2.75) is 65.1 Å². The van der Waals surface area contributed by atoms with Gasteiger partial charge in [-0.25, -0.2) is 0 Å². The zero-order valence-corrected chi connectivity index (χ0v) is 13.4. The van der Waals surface area contributed by atoms with Crippen LogP contribution in [0.25, 0.3) is 0 Å². The van der Waals surface area contributed by atoms with Crippen molar-refractivity contribution in [1.29, 1.82) is 0 Å². The van der Waals surface area contributed by atoms with Gasteiger partial charge in [-0.1, -0.05) is 13.8 Å². The number of hydrogen-bond acceptors (Lipinski definition) is 3. The normalized spacial score (nSPS) is 21.8. The van der Waals surface area contributed by atoms with E-state index in [0.717, 1.165) is 0 Å². The van der Waals surface area contributed by atoms with Crippen LogP contribution >= 0.6 is 0 Å². The molecule has 2 heterocycles. The van der Waals surface area contributed by atoms with Crippen molar-refractivity contribution in [3.8, 4) is 0 Å². The molecule has 0 saturated carbocycles. The van der Waals surface area contributed by atoms with Gasteiger partial charge < -0.3 is 5.32 Å². The minimum Gasteiger partial charge on any atom is -0.340 e. The molecule has 1 N–H and O–H groups in total. The Morgan fingerprint density at radius 2 is 1.95 bits per heavy atom. The summed E-state index contributed by atoms with van der Waals surface area (Å²) in [5, 5.41) is 7.18. The summed E-state index contributed by atoms with van der Waals surface area (Å²) in [4.78, 5) is 26.8. The van der Waals surface area contributed by atoms with Crippen molar-refractivity contribution in [1.82, 2.24) is 15.1 Å². The minimum absolute atomic E-state index is 0.0529. The first-order chi connectivity index (χ1) is 9.86. The lowest BCUT2D eigenvalue weighted by molar-refractivity contribution is -0.138. The molecule has 2 rings (SSSR count). The van der Waals surface area contributed by atoms with Gasteiger partial charge in [0.15, 0.2) is 0 Å². The third kappa shape index (κ3) is 2.43. The van der Waals surface area contributed by atoms with E-state index < -0.39 is 11.6 Å². The first kappa shape index (κ1) is 15.5.